The van der Waals surface area contributed by atoms with Crippen LogP contribution in [0.25, 0.3) is 5.82 Å². The summed E-state index contributed by atoms with van der Waals surface area (Å²) in [5.41, 5.74) is 5.06. The number of benzene rings is 1. The number of hydrogen-bond acceptors (Lipinski definition) is 7. The van der Waals surface area contributed by atoms with Crippen molar-refractivity contribution in [2.75, 3.05) is 31.6 Å². The molecule has 2 aromatic heterocycles. The van der Waals surface area contributed by atoms with Crippen molar-refractivity contribution in [2.24, 2.45) is 0 Å². The Bertz CT molecular complexity index is 1090. The number of β-amino-alcohol motifs (C(OH)–C–C–N with tert-alkyl or cyclic N) is 1. The fraction of sp³-hybridized carbons (Fsp3) is 0.391. The van der Waals surface area contributed by atoms with Gasteiger partial charge in [0.25, 0.3) is 0 Å². The number of aliphatic hydroxyl groups excluding tert-OH is 2. The average Bonchev–Trinajstić information content (AvgIpc) is 3.08. The van der Waals surface area contributed by atoms with Crippen LogP contribution in [0.1, 0.15) is 22.3 Å². The van der Waals surface area contributed by atoms with Crippen molar-refractivity contribution < 1.29 is 14.9 Å². The second-order valence-electron chi connectivity index (χ2n) is 8.22. The first kappa shape index (κ1) is 22.5. The van der Waals surface area contributed by atoms with E-state index in [0.717, 1.165) is 34.7 Å². The quantitative estimate of drug-likeness (QED) is 0.478. The third-order valence-electron chi connectivity index (χ3n) is 5.49. The summed E-state index contributed by atoms with van der Waals surface area (Å²) in [4.78, 5) is 11.2. The maximum atomic E-state index is 9.52. The van der Waals surface area contributed by atoms with Gasteiger partial charge in [-0.15, -0.1) is 0 Å². The minimum atomic E-state index is -0.218. The van der Waals surface area contributed by atoms with Gasteiger partial charge in [0.15, 0.2) is 5.82 Å². The van der Waals surface area contributed by atoms with Crippen LogP contribution in [-0.2, 0) is 6.54 Å². The van der Waals surface area contributed by atoms with Crippen LogP contribution in [0.2, 0.25) is 5.02 Å². The van der Waals surface area contributed by atoms with Crippen molar-refractivity contribution in [1.29, 1.82) is 0 Å². The maximum absolute atomic E-state index is 9.52. The summed E-state index contributed by atoms with van der Waals surface area (Å²) < 4.78 is 7.54. The molecule has 0 amide bonds. The Balaban J connectivity index is 1.55. The van der Waals surface area contributed by atoms with Crippen molar-refractivity contribution in [3.8, 4) is 11.6 Å². The van der Waals surface area contributed by atoms with Gasteiger partial charge in [0, 0.05) is 37.7 Å². The molecule has 4 rings (SSSR count). The van der Waals surface area contributed by atoms with Crippen molar-refractivity contribution in [3.63, 3.8) is 0 Å². The minimum absolute atomic E-state index is 0.0269. The van der Waals surface area contributed by atoms with E-state index in [-0.39, 0.29) is 19.3 Å². The number of nitrogens with one attached hydrogen (secondary N) is 1. The average molecular weight is 458 g/mol. The first-order valence-electron chi connectivity index (χ1n) is 10.6. The van der Waals surface area contributed by atoms with Crippen molar-refractivity contribution in [3.05, 3.63) is 58.0 Å². The molecule has 3 aromatic rings. The number of likely N-dealkylation sites (tertiary alicyclic amines) is 1. The molecule has 1 fully saturated rings. The molecule has 170 valence electrons. The molecule has 1 aliphatic rings. The molecule has 8 nitrogen and oxygen atoms in total. The summed E-state index contributed by atoms with van der Waals surface area (Å²) in [6.45, 7) is 8.40. The Hall–Kier alpha value is -2.65. The summed E-state index contributed by atoms with van der Waals surface area (Å²) >= 11 is 6.42. The van der Waals surface area contributed by atoms with Gasteiger partial charge in [0.1, 0.15) is 17.4 Å². The van der Waals surface area contributed by atoms with E-state index in [1.54, 1.807) is 6.20 Å². The van der Waals surface area contributed by atoms with Crippen LogP contribution in [0.5, 0.6) is 5.75 Å². The van der Waals surface area contributed by atoms with Crippen LogP contribution in [0, 0.1) is 20.8 Å². The number of aliphatic hydroxyl groups is 2. The molecule has 1 aliphatic heterocycles. The Morgan fingerprint density at radius 2 is 1.88 bits per heavy atom. The summed E-state index contributed by atoms with van der Waals surface area (Å²) in [5, 5.41) is 22.2. The lowest BCUT2D eigenvalue weighted by Crippen LogP contribution is -2.49. The third kappa shape index (κ3) is 4.88. The molecule has 1 saturated heterocycles. The zero-order valence-electron chi connectivity index (χ0n) is 18.5. The molecule has 0 radical (unpaired) electrons. The molecule has 32 heavy (non-hydrogen) atoms. The molecule has 0 atom stereocenters. The van der Waals surface area contributed by atoms with Crippen molar-refractivity contribution in [2.45, 2.75) is 33.4 Å². The zero-order valence-corrected chi connectivity index (χ0v) is 19.2. The Labute approximate surface area is 192 Å². The number of rotatable bonds is 8. The van der Waals surface area contributed by atoms with Crippen LogP contribution >= 0.6 is 11.6 Å². The fourth-order valence-electron chi connectivity index (χ4n) is 3.93. The topological polar surface area (TPSA) is 95.7 Å². The Morgan fingerprint density at radius 3 is 2.53 bits per heavy atom. The lowest BCUT2D eigenvalue weighted by atomic mass is 10.1. The van der Waals surface area contributed by atoms with Gasteiger partial charge in [-0.1, -0.05) is 11.6 Å². The molecule has 0 unspecified atom stereocenters. The summed E-state index contributed by atoms with van der Waals surface area (Å²) in [7, 11) is 0. The molecular formula is C23H28ClN5O3. The Morgan fingerprint density at radius 1 is 1.16 bits per heavy atom. The molecule has 0 spiro atoms. The molecule has 0 saturated carbocycles. The molecule has 0 bridgehead atoms. The van der Waals surface area contributed by atoms with Gasteiger partial charge in [-0.05, 0) is 55.2 Å². The highest BCUT2D eigenvalue weighted by atomic mass is 35.5. The van der Waals surface area contributed by atoms with E-state index in [9.17, 15) is 5.11 Å². The Kier molecular flexibility index (Phi) is 6.66. The highest BCUT2D eigenvalue weighted by Crippen LogP contribution is 2.29. The number of halogens is 1. The van der Waals surface area contributed by atoms with Gasteiger partial charge in [-0.2, -0.15) is 4.98 Å². The van der Waals surface area contributed by atoms with E-state index in [1.807, 2.05) is 42.9 Å². The monoisotopic (exact) mass is 457 g/mol. The van der Waals surface area contributed by atoms with Crippen LogP contribution < -0.4 is 10.1 Å². The van der Waals surface area contributed by atoms with Crippen molar-refractivity contribution >= 4 is 23.2 Å². The number of ether oxygens (including phenoxy) is 1. The first-order chi connectivity index (χ1) is 15.3. The third-order valence-corrected chi connectivity index (χ3v) is 5.76. The smallest absolute Gasteiger partial charge is 0.229 e. The second-order valence-corrected chi connectivity index (χ2v) is 8.63. The van der Waals surface area contributed by atoms with Gasteiger partial charge in [0.2, 0.25) is 5.95 Å². The maximum Gasteiger partial charge on any atom is 0.229 e. The highest BCUT2D eigenvalue weighted by molar-refractivity contribution is 6.32. The number of aromatic nitrogens is 3. The summed E-state index contributed by atoms with van der Waals surface area (Å²) in [5.74, 6) is 1.80. The van der Waals surface area contributed by atoms with E-state index >= 15 is 0 Å². The molecule has 3 N–H and O–H groups in total. The summed E-state index contributed by atoms with van der Waals surface area (Å²) in [6, 6.07) is 3.91. The number of hydrogen-bond donors (Lipinski definition) is 3. The van der Waals surface area contributed by atoms with Crippen LogP contribution in [0.4, 0.5) is 11.6 Å². The van der Waals surface area contributed by atoms with Gasteiger partial charge < -0.3 is 24.8 Å². The van der Waals surface area contributed by atoms with E-state index in [0.29, 0.717) is 29.9 Å². The number of nitrogens with zero attached hydrogens (tertiary/aromatic N) is 4. The lowest BCUT2D eigenvalue weighted by molar-refractivity contribution is -0.00295. The van der Waals surface area contributed by atoms with Crippen molar-refractivity contribution in [1.82, 2.24) is 19.4 Å². The van der Waals surface area contributed by atoms with E-state index < -0.39 is 0 Å². The molecular weight excluding hydrogens is 430 g/mol. The highest BCUT2D eigenvalue weighted by Gasteiger charge is 2.25. The van der Waals surface area contributed by atoms with Gasteiger partial charge >= 0.3 is 0 Å². The van der Waals surface area contributed by atoms with Gasteiger partial charge in [-0.3, -0.25) is 4.90 Å². The second kappa shape index (κ2) is 9.46. The summed E-state index contributed by atoms with van der Waals surface area (Å²) in [6.07, 6.45) is 5.40. The molecule has 1 aromatic carbocycles. The SMILES string of the molecule is Cc1cn(-c2nc(Nc3cc(C)c(OCCO)c(C)c3)ncc2Cl)cc1CN1CC(O)C1. The van der Waals surface area contributed by atoms with Gasteiger partial charge in [-0.25, -0.2) is 4.98 Å². The predicted octanol–water partition coefficient (Wildman–Crippen LogP) is 3.14. The number of aryl methyl sites for hydroxylation is 3. The standard InChI is InChI=1S/C23H28ClN5O3/c1-14-6-18(7-15(2)21(14)32-5-4-30)26-23-25-8-20(24)22(27-23)29-9-16(3)17(11-29)10-28-12-19(31)13-28/h6-9,11,19,30-31H,4-5,10,12-13H2,1-3H3,(H,25,26,27). The van der Waals surface area contributed by atoms with Crippen LogP contribution in [0.15, 0.2) is 30.7 Å². The van der Waals surface area contributed by atoms with Crippen LogP contribution in [0.3, 0.4) is 0 Å². The van der Waals surface area contributed by atoms with Gasteiger partial charge in [0.05, 0.1) is 18.9 Å². The normalized spacial score (nSPS) is 14.4. The molecule has 0 aliphatic carbocycles. The molecule has 3 heterocycles. The van der Waals surface area contributed by atoms with E-state index in [4.69, 9.17) is 21.4 Å². The van der Waals surface area contributed by atoms with E-state index in [2.05, 4.69) is 27.1 Å². The largest absolute Gasteiger partial charge is 0.491 e. The number of anilines is 2. The van der Waals surface area contributed by atoms with E-state index in [1.165, 1.54) is 5.56 Å². The zero-order chi connectivity index (χ0) is 22.8. The fourth-order valence-corrected chi connectivity index (χ4v) is 4.11. The first-order valence-corrected chi connectivity index (χ1v) is 10.9. The minimum Gasteiger partial charge on any atom is -0.491 e. The lowest BCUT2D eigenvalue weighted by Gasteiger charge is -2.35. The predicted molar refractivity (Wildman–Crippen MR) is 124 cm³/mol. The molecule has 9 heteroatoms. The van der Waals surface area contributed by atoms with Crippen LogP contribution in [-0.4, -0.2) is 62.1 Å².